The minimum absolute atomic E-state index is 0.249. The quantitative estimate of drug-likeness (QED) is 0.483. The summed E-state index contributed by atoms with van der Waals surface area (Å²) in [6, 6.07) is 13.4. The van der Waals surface area contributed by atoms with Crippen LogP contribution < -0.4 is 15.8 Å². The average Bonchev–Trinajstić information content (AvgIpc) is 3.05. The second-order valence-corrected chi connectivity index (χ2v) is 6.27. The summed E-state index contributed by atoms with van der Waals surface area (Å²) in [5.41, 5.74) is 10.2. The Bertz CT molecular complexity index is 1020. The smallest absolute Gasteiger partial charge is 0.142 e. The lowest BCUT2D eigenvalue weighted by Crippen LogP contribution is -2.04. The number of methoxy groups -OCH3 is 2. The first-order valence-electron chi connectivity index (χ1n) is 9.00. The van der Waals surface area contributed by atoms with Crippen LogP contribution >= 0.6 is 0 Å². The Hall–Kier alpha value is -3.17. The van der Waals surface area contributed by atoms with E-state index in [-0.39, 0.29) is 6.54 Å². The molecule has 0 fully saturated rings. The fourth-order valence-electron chi connectivity index (χ4n) is 3.15. The predicted octanol–water partition coefficient (Wildman–Crippen LogP) is 3.81. The lowest BCUT2D eigenvalue weighted by molar-refractivity contribution is 0.184. The van der Waals surface area contributed by atoms with Crippen LogP contribution in [0.2, 0.25) is 0 Å². The maximum Gasteiger partial charge on any atom is 0.142 e. The van der Waals surface area contributed by atoms with Crippen molar-refractivity contribution in [2.24, 2.45) is 0 Å². The monoisotopic (exact) mass is 381 g/mol. The number of alkyl halides is 1. The highest BCUT2D eigenvalue weighted by atomic mass is 19.1. The zero-order valence-corrected chi connectivity index (χ0v) is 16.1. The van der Waals surface area contributed by atoms with E-state index in [2.05, 4.69) is 17.2 Å². The van der Waals surface area contributed by atoms with Gasteiger partial charge in [-0.15, -0.1) is 0 Å². The number of nitrogens with two attached hydrogens (primary N) is 1. The largest absolute Gasteiger partial charge is 0.495 e. The molecule has 0 saturated heterocycles. The van der Waals surface area contributed by atoms with Gasteiger partial charge in [-0.2, -0.15) is 0 Å². The molecule has 5 nitrogen and oxygen atoms in total. The van der Waals surface area contributed by atoms with E-state index in [0.717, 1.165) is 33.6 Å². The molecule has 0 amide bonds. The van der Waals surface area contributed by atoms with E-state index >= 15 is 0 Å². The van der Waals surface area contributed by atoms with Gasteiger partial charge in [0.15, 0.2) is 0 Å². The van der Waals surface area contributed by atoms with Gasteiger partial charge < -0.3 is 25.1 Å². The van der Waals surface area contributed by atoms with Gasteiger partial charge in [-0.25, -0.2) is 4.39 Å². The fraction of sp³-hybridized carbons (Fsp3) is 0.273. The number of anilines is 2. The molecule has 1 aromatic heterocycles. The van der Waals surface area contributed by atoms with Crippen molar-refractivity contribution in [1.29, 1.82) is 0 Å². The first-order valence-corrected chi connectivity index (χ1v) is 9.00. The number of nitrogens with zero attached hydrogens (tertiary/aromatic N) is 1. The third-order valence-corrected chi connectivity index (χ3v) is 4.45. The van der Waals surface area contributed by atoms with Gasteiger partial charge in [-0.1, -0.05) is 18.1 Å². The van der Waals surface area contributed by atoms with Gasteiger partial charge in [-0.05, 0) is 41.8 Å². The molecular weight excluding hydrogens is 357 g/mol. The first-order chi connectivity index (χ1) is 13.7. The summed E-state index contributed by atoms with van der Waals surface area (Å²) in [7, 11) is 3.28. The highest BCUT2D eigenvalue weighted by Crippen LogP contribution is 2.26. The summed E-state index contributed by atoms with van der Waals surface area (Å²) < 4.78 is 25.4. The molecule has 146 valence electrons. The average molecular weight is 381 g/mol. The van der Waals surface area contributed by atoms with Crippen LogP contribution in [0.1, 0.15) is 11.3 Å². The Balaban J connectivity index is 1.78. The Kier molecular flexibility index (Phi) is 6.41. The number of ether oxygens (including phenoxy) is 2. The topological polar surface area (TPSA) is 61.4 Å². The van der Waals surface area contributed by atoms with Crippen LogP contribution in [0.3, 0.4) is 0 Å². The maximum atomic E-state index is 13.0. The number of halogens is 1. The van der Waals surface area contributed by atoms with Gasteiger partial charge >= 0.3 is 0 Å². The molecule has 0 aliphatic carbocycles. The van der Waals surface area contributed by atoms with Crippen LogP contribution in [0.4, 0.5) is 15.8 Å². The molecule has 0 aliphatic rings. The minimum Gasteiger partial charge on any atom is -0.495 e. The molecule has 0 radical (unpaired) electrons. The Labute approximate surface area is 164 Å². The molecule has 0 unspecified atom stereocenters. The van der Waals surface area contributed by atoms with Crippen molar-refractivity contribution in [1.82, 2.24) is 4.57 Å². The predicted molar refractivity (Wildman–Crippen MR) is 111 cm³/mol. The van der Waals surface area contributed by atoms with Gasteiger partial charge in [0, 0.05) is 18.2 Å². The normalized spacial score (nSPS) is 10.5. The molecule has 3 N–H and O–H groups in total. The molecule has 0 bridgehead atoms. The number of nitrogens with one attached hydrogen (secondary N) is 1. The number of benzene rings is 2. The fourth-order valence-corrected chi connectivity index (χ4v) is 3.15. The molecule has 0 aliphatic heterocycles. The third kappa shape index (κ3) is 4.21. The standard InChI is InChI=1S/C22H24FN3O2/c1-27-15-16-8-9-20(22(13-16)28-2)25-11-4-5-17-14-18-19(24)6-3-7-21(18)26(17)12-10-23/h3,6-9,13-14,25H,10-12,15,24H2,1-2H3. The lowest BCUT2D eigenvalue weighted by atomic mass is 10.2. The molecule has 3 aromatic rings. The second-order valence-electron chi connectivity index (χ2n) is 6.27. The summed E-state index contributed by atoms with van der Waals surface area (Å²) in [6.45, 7) is 0.737. The molecule has 0 spiro atoms. The third-order valence-electron chi connectivity index (χ3n) is 4.45. The number of aromatic nitrogens is 1. The van der Waals surface area contributed by atoms with Gasteiger partial charge in [-0.3, -0.25) is 0 Å². The minimum atomic E-state index is -0.462. The van der Waals surface area contributed by atoms with Gasteiger partial charge in [0.25, 0.3) is 0 Å². The molecule has 0 saturated carbocycles. The molecule has 28 heavy (non-hydrogen) atoms. The van der Waals surface area contributed by atoms with Crippen LogP contribution in [0.15, 0.2) is 42.5 Å². The Morgan fingerprint density at radius 1 is 1.18 bits per heavy atom. The molecule has 2 aromatic carbocycles. The van der Waals surface area contributed by atoms with E-state index in [9.17, 15) is 4.39 Å². The van der Waals surface area contributed by atoms with Crippen LogP contribution in [-0.4, -0.2) is 32.0 Å². The number of rotatable bonds is 7. The van der Waals surface area contributed by atoms with Crippen molar-refractivity contribution >= 4 is 22.3 Å². The van der Waals surface area contributed by atoms with Crippen molar-refractivity contribution in [3.8, 4) is 17.6 Å². The highest BCUT2D eigenvalue weighted by molar-refractivity contribution is 5.92. The number of hydrogen-bond acceptors (Lipinski definition) is 4. The molecular formula is C22H24FN3O2. The summed E-state index contributed by atoms with van der Waals surface area (Å²) in [4.78, 5) is 0. The lowest BCUT2D eigenvalue weighted by Gasteiger charge is -2.11. The van der Waals surface area contributed by atoms with E-state index in [1.165, 1.54) is 0 Å². The summed E-state index contributed by atoms with van der Waals surface area (Å²) in [5.74, 6) is 6.95. The summed E-state index contributed by atoms with van der Waals surface area (Å²) in [6.07, 6.45) is 0. The van der Waals surface area contributed by atoms with Gasteiger partial charge in [0.2, 0.25) is 0 Å². The zero-order chi connectivity index (χ0) is 19.9. The van der Waals surface area contributed by atoms with E-state index < -0.39 is 6.67 Å². The van der Waals surface area contributed by atoms with Crippen LogP contribution in [0.5, 0.6) is 5.75 Å². The maximum absolute atomic E-state index is 13.0. The van der Waals surface area contributed by atoms with E-state index in [0.29, 0.717) is 18.8 Å². The SMILES string of the molecule is COCc1ccc(NCC#Cc2cc3c(N)cccc3n2CCF)c(OC)c1. The van der Waals surface area contributed by atoms with Gasteiger partial charge in [0.1, 0.15) is 12.4 Å². The number of hydrogen-bond donors (Lipinski definition) is 2. The van der Waals surface area contributed by atoms with Crippen LogP contribution in [-0.2, 0) is 17.9 Å². The number of aryl methyl sites for hydroxylation is 1. The Morgan fingerprint density at radius 2 is 2.04 bits per heavy atom. The highest BCUT2D eigenvalue weighted by Gasteiger charge is 2.09. The first kappa shape index (κ1) is 19.6. The van der Waals surface area contributed by atoms with Crippen molar-refractivity contribution in [3.63, 3.8) is 0 Å². The zero-order valence-electron chi connectivity index (χ0n) is 16.1. The van der Waals surface area contributed by atoms with Gasteiger partial charge in [0.05, 0.1) is 43.7 Å². The van der Waals surface area contributed by atoms with Crippen LogP contribution in [0, 0.1) is 11.8 Å². The van der Waals surface area contributed by atoms with E-state index in [4.69, 9.17) is 15.2 Å². The second kappa shape index (κ2) is 9.16. The van der Waals surface area contributed by atoms with Crippen LogP contribution in [0.25, 0.3) is 10.9 Å². The number of fused-ring (bicyclic) bond motifs is 1. The molecule has 6 heteroatoms. The van der Waals surface area contributed by atoms with Crippen molar-refractivity contribution in [2.45, 2.75) is 13.2 Å². The van der Waals surface area contributed by atoms with E-state index in [1.807, 2.05) is 47.0 Å². The summed E-state index contributed by atoms with van der Waals surface area (Å²) in [5, 5.41) is 4.15. The molecule has 0 atom stereocenters. The summed E-state index contributed by atoms with van der Waals surface area (Å²) >= 11 is 0. The van der Waals surface area contributed by atoms with Crippen molar-refractivity contribution in [2.75, 3.05) is 38.5 Å². The Morgan fingerprint density at radius 3 is 2.79 bits per heavy atom. The molecule has 3 rings (SSSR count). The number of nitrogen functional groups attached to an aromatic ring is 1. The van der Waals surface area contributed by atoms with E-state index in [1.54, 1.807) is 14.2 Å². The van der Waals surface area contributed by atoms with Crippen molar-refractivity contribution in [3.05, 3.63) is 53.7 Å². The van der Waals surface area contributed by atoms with Crippen molar-refractivity contribution < 1.29 is 13.9 Å². The molecule has 1 heterocycles.